The van der Waals surface area contributed by atoms with Gasteiger partial charge in [0.25, 0.3) is 0 Å². The number of carbonyl (C=O) groups excluding carboxylic acids is 2. The number of Topliss-reactive ketones (excluding diaryl/α,β-unsaturated/α-hetero) is 1. The van der Waals surface area contributed by atoms with Gasteiger partial charge in [0.15, 0.2) is 5.78 Å². The Kier molecular flexibility index (Phi) is 7.34. The van der Waals surface area contributed by atoms with Crippen LogP contribution in [0.5, 0.6) is 0 Å². The van der Waals surface area contributed by atoms with Gasteiger partial charge in [-0.3, -0.25) is 9.59 Å². The maximum atomic E-state index is 12.2. The highest BCUT2D eigenvalue weighted by Gasteiger charge is 2.60. The Bertz CT molecular complexity index is 624. The minimum Gasteiger partial charge on any atom is -0.333 e. The highest BCUT2D eigenvalue weighted by Crippen LogP contribution is 2.67. The first-order valence-corrected chi connectivity index (χ1v) is 11.6. The number of carbonyl (C=O) groups is 2. The van der Waals surface area contributed by atoms with Gasteiger partial charge in [0.1, 0.15) is 5.78 Å². The third-order valence-corrected chi connectivity index (χ3v) is 8.77. The first-order valence-electron chi connectivity index (χ1n) is 11.6. The molecule has 0 radical (unpaired) electrons. The van der Waals surface area contributed by atoms with Crippen molar-refractivity contribution < 1.29 is 9.59 Å². The van der Waals surface area contributed by atoms with E-state index in [0.29, 0.717) is 23.4 Å². The Balaban J connectivity index is 0.000000660. The Labute approximate surface area is 172 Å². The average molecular weight is 390 g/mol. The van der Waals surface area contributed by atoms with Crippen LogP contribution < -0.4 is 5.73 Å². The van der Waals surface area contributed by atoms with E-state index in [4.69, 9.17) is 0 Å². The summed E-state index contributed by atoms with van der Waals surface area (Å²) < 4.78 is 0. The smallest absolute Gasteiger partial charge is 0.155 e. The molecule has 0 aromatic carbocycles. The maximum Gasteiger partial charge on any atom is 0.155 e. The van der Waals surface area contributed by atoms with Crippen LogP contribution in [0.2, 0.25) is 0 Å². The van der Waals surface area contributed by atoms with Crippen molar-refractivity contribution in [3.63, 3.8) is 0 Å². The van der Waals surface area contributed by atoms with Gasteiger partial charge in [-0.15, -0.1) is 0 Å². The zero-order chi connectivity index (χ0) is 21.3. The molecule has 0 saturated heterocycles. The van der Waals surface area contributed by atoms with E-state index >= 15 is 0 Å². The van der Waals surface area contributed by atoms with Crippen molar-refractivity contribution in [2.45, 2.75) is 86.5 Å². The van der Waals surface area contributed by atoms with E-state index in [1.165, 1.54) is 38.3 Å². The summed E-state index contributed by atoms with van der Waals surface area (Å²) in [7, 11) is 1.50. The Hall–Kier alpha value is -0.960. The molecule has 6 unspecified atom stereocenters. The number of nitrogens with two attached hydrogens (primary N) is 1. The van der Waals surface area contributed by atoms with E-state index in [1.54, 1.807) is 0 Å². The molecule has 4 aliphatic carbocycles. The minimum atomic E-state index is 0.228. The predicted octanol–water partition coefficient (Wildman–Crippen LogP) is 5.57. The highest BCUT2D eigenvalue weighted by molar-refractivity contribution is 5.91. The molecule has 0 bridgehead atoms. The lowest BCUT2D eigenvalue weighted by Crippen LogP contribution is -2.52. The summed E-state index contributed by atoms with van der Waals surface area (Å²) in [6.45, 7) is 13.0. The first kappa shape index (κ1) is 23.3. The fourth-order valence-corrected chi connectivity index (χ4v) is 7.65. The fraction of sp³-hybridized carbons (Fsp3) is 0.840. The molecule has 7 atom stereocenters. The molecule has 0 heterocycles. The van der Waals surface area contributed by atoms with Crippen molar-refractivity contribution in [1.82, 2.24) is 0 Å². The number of hydrogen-bond acceptors (Lipinski definition) is 3. The van der Waals surface area contributed by atoms with E-state index in [1.807, 2.05) is 26.8 Å². The van der Waals surface area contributed by atoms with Crippen LogP contribution in [-0.2, 0) is 9.59 Å². The molecule has 4 aliphatic rings. The Morgan fingerprint density at radius 2 is 1.71 bits per heavy atom. The molecule has 4 rings (SSSR count). The first-order chi connectivity index (χ1) is 13.3. The second-order valence-electron chi connectivity index (χ2n) is 9.78. The monoisotopic (exact) mass is 389 g/mol. The van der Waals surface area contributed by atoms with E-state index in [2.05, 4.69) is 26.5 Å². The largest absolute Gasteiger partial charge is 0.333 e. The van der Waals surface area contributed by atoms with Crippen molar-refractivity contribution in [3.05, 3.63) is 11.6 Å². The summed E-state index contributed by atoms with van der Waals surface area (Å²) in [5.74, 6) is 3.75. The molecule has 3 nitrogen and oxygen atoms in total. The zero-order valence-electron chi connectivity index (χ0n) is 19.3. The number of hydrogen-bond donors (Lipinski definition) is 1. The Morgan fingerprint density at radius 3 is 2.32 bits per heavy atom. The van der Waals surface area contributed by atoms with Gasteiger partial charge in [0.05, 0.1) is 0 Å². The Morgan fingerprint density at radius 1 is 1.07 bits per heavy atom. The lowest BCUT2D eigenvalue weighted by Gasteiger charge is -2.59. The van der Waals surface area contributed by atoms with Crippen LogP contribution in [0.3, 0.4) is 0 Å². The maximum absolute atomic E-state index is 12.2. The minimum absolute atomic E-state index is 0.228. The lowest BCUT2D eigenvalue weighted by atomic mass is 9.45. The van der Waals surface area contributed by atoms with Gasteiger partial charge in [0, 0.05) is 12.3 Å². The van der Waals surface area contributed by atoms with Gasteiger partial charge >= 0.3 is 0 Å². The fourth-order valence-electron chi connectivity index (χ4n) is 7.65. The van der Waals surface area contributed by atoms with E-state index in [-0.39, 0.29) is 16.7 Å². The summed E-state index contributed by atoms with van der Waals surface area (Å²) in [5.41, 5.74) is 6.41. The number of ketones is 2. The van der Waals surface area contributed by atoms with Crippen molar-refractivity contribution in [2.24, 2.45) is 46.2 Å². The number of rotatable bonds is 1. The van der Waals surface area contributed by atoms with Crippen LogP contribution >= 0.6 is 0 Å². The van der Waals surface area contributed by atoms with Gasteiger partial charge in [-0.05, 0) is 93.1 Å². The van der Waals surface area contributed by atoms with Crippen molar-refractivity contribution in [3.8, 4) is 0 Å². The van der Waals surface area contributed by atoms with Gasteiger partial charge in [-0.1, -0.05) is 40.2 Å². The molecule has 3 saturated carbocycles. The molecule has 0 amide bonds. The van der Waals surface area contributed by atoms with Crippen molar-refractivity contribution in [2.75, 3.05) is 7.05 Å². The highest BCUT2D eigenvalue weighted by atomic mass is 16.1. The molecule has 2 N–H and O–H groups in total. The van der Waals surface area contributed by atoms with Crippen molar-refractivity contribution in [1.29, 1.82) is 0 Å². The zero-order valence-corrected chi connectivity index (χ0v) is 19.3. The van der Waals surface area contributed by atoms with Crippen LogP contribution in [-0.4, -0.2) is 18.6 Å². The third kappa shape index (κ3) is 3.53. The average Bonchev–Trinajstić information content (AvgIpc) is 3.04. The predicted molar refractivity (Wildman–Crippen MR) is 117 cm³/mol. The topological polar surface area (TPSA) is 60.2 Å². The molecule has 0 spiro atoms. The summed E-state index contributed by atoms with van der Waals surface area (Å²) in [6.07, 6.45) is 9.80. The number of allylic oxidation sites excluding steroid dienone is 1. The second-order valence-corrected chi connectivity index (χ2v) is 9.78. The van der Waals surface area contributed by atoms with Crippen LogP contribution in [0.1, 0.15) is 86.5 Å². The molecule has 3 heteroatoms. The van der Waals surface area contributed by atoms with Gasteiger partial charge < -0.3 is 5.73 Å². The number of fused-ring (bicyclic) bond motifs is 5. The van der Waals surface area contributed by atoms with Crippen LogP contribution in [0.4, 0.5) is 0 Å². The molecule has 160 valence electrons. The van der Waals surface area contributed by atoms with E-state index in [0.717, 1.165) is 31.1 Å². The summed E-state index contributed by atoms with van der Waals surface area (Å²) in [6, 6.07) is 0. The van der Waals surface area contributed by atoms with E-state index < -0.39 is 0 Å². The van der Waals surface area contributed by atoms with Crippen LogP contribution in [0.15, 0.2) is 11.6 Å². The molecule has 0 aromatic rings. The van der Waals surface area contributed by atoms with Crippen molar-refractivity contribution >= 4 is 11.6 Å². The van der Waals surface area contributed by atoms with Crippen LogP contribution in [0, 0.1) is 40.4 Å². The lowest BCUT2D eigenvalue weighted by molar-refractivity contribution is -0.129. The standard InChI is InChI=1S/C22H32O2.C2H6.CH5N/c1-13-11-16-18-6-5-17(14(2)23)21(18,3)10-8-19(16)22(4)9-7-15(24)12-20(13)22;2*1-2/h12-13,16-19H,5-11H2,1-4H3;1-2H3;2H2,1H3/t13-,16?,17?,18?,19?,21?,22?;;/m0../s1. The molecule has 28 heavy (non-hydrogen) atoms. The molecular weight excluding hydrogens is 346 g/mol. The molecule has 3 fully saturated rings. The summed E-state index contributed by atoms with van der Waals surface area (Å²) in [4.78, 5) is 24.2. The van der Waals surface area contributed by atoms with E-state index in [9.17, 15) is 9.59 Å². The molecule has 0 aliphatic heterocycles. The SMILES string of the molecule is CC.CC(=O)C1CCC2C3C[C@H](C)C4=CC(=O)CCC4(C)C3CCC12C.CN. The normalized spacial score (nSPS) is 43.8. The molecule has 0 aromatic heterocycles. The molecular formula is C25H43NO2. The van der Waals surface area contributed by atoms with Gasteiger partial charge in [0.2, 0.25) is 0 Å². The van der Waals surface area contributed by atoms with Gasteiger partial charge in [-0.25, -0.2) is 0 Å². The third-order valence-electron chi connectivity index (χ3n) is 8.77. The van der Waals surface area contributed by atoms with Crippen LogP contribution in [0.25, 0.3) is 0 Å². The second kappa shape index (κ2) is 8.81. The quantitative estimate of drug-likeness (QED) is 0.637. The summed E-state index contributed by atoms with van der Waals surface area (Å²) in [5, 5.41) is 0. The summed E-state index contributed by atoms with van der Waals surface area (Å²) >= 11 is 0. The van der Waals surface area contributed by atoms with Gasteiger partial charge in [-0.2, -0.15) is 0 Å².